The molecule has 0 aliphatic heterocycles. The first kappa shape index (κ1) is 15.1. The highest BCUT2D eigenvalue weighted by molar-refractivity contribution is 7.92. The van der Waals surface area contributed by atoms with Gasteiger partial charge in [0.15, 0.2) is 0 Å². The molecule has 1 aromatic carbocycles. The number of anilines is 1. The smallest absolute Gasteiger partial charge is 0.279 e. The highest BCUT2D eigenvalue weighted by Crippen LogP contribution is 2.23. The van der Waals surface area contributed by atoms with Crippen molar-refractivity contribution in [1.82, 2.24) is 4.98 Å². The summed E-state index contributed by atoms with van der Waals surface area (Å²) in [5.41, 5.74) is -0.970. The molecule has 0 aliphatic carbocycles. The molecule has 0 amide bonds. The minimum Gasteiger partial charge on any atom is -0.279 e. The molecule has 0 saturated heterocycles. The number of aromatic nitrogens is 1. The van der Waals surface area contributed by atoms with Gasteiger partial charge >= 0.3 is 5.69 Å². The Morgan fingerprint density at radius 1 is 1.29 bits per heavy atom. The van der Waals surface area contributed by atoms with E-state index in [-0.39, 0.29) is 15.7 Å². The first-order valence-electron chi connectivity index (χ1n) is 5.38. The number of hydrogen-bond acceptors (Lipinski definition) is 5. The highest BCUT2D eigenvalue weighted by atomic mass is 35.5. The SMILES string of the molecule is O=[N+]([O-])c1cc(NS(=O)(=O)c2ccc(Cl)nc2)ccc1F. The molecule has 0 unspecified atom stereocenters. The first-order chi connectivity index (χ1) is 9.79. The largest absolute Gasteiger partial charge is 0.306 e. The number of hydrogen-bond donors (Lipinski definition) is 1. The summed E-state index contributed by atoms with van der Waals surface area (Å²) in [6.45, 7) is 0. The van der Waals surface area contributed by atoms with Gasteiger partial charge in [-0.15, -0.1) is 0 Å². The topological polar surface area (TPSA) is 102 Å². The van der Waals surface area contributed by atoms with Crippen LogP contribution in [0.2, 0.25) is 5.15 Å². The number of nitrogens with one attached hydrogen (secondary N) is 1. The third-order valence-corrected chi connectivity index (χ3v) is 4.00. The van der Waals surface area contributed by atoms with Crippen molar-refractivity contribution in [2.45, 2.75) is 4.90 Å². The van der Waals surface area contributed by atoms with Gasteiger partial charge in [0.25, 0.3) is 10.0 Å². The molecule has 2 aromatic rings. The molecule has 7 nitrogen and oxygen atoms in total. The van der Waals surface area contributed by atoms with Crippen molar-refractivity contribution in [3.8, 4) is 0 Å². The molecule has 0 fully saturated rings. The number of pyridine rings is 1. The average molecular weight is 332 g/mol. The molecule has 110 valence electrons. The van der Waals surface area contributed by atoms with Gasteiger partial charge in [0, 0.05) is 12.3 Å². The van der Waals surface area contributed by atoms with Crippen LogP contribution in [0.3, 0.4) is 0 Å². The van der Waals surface area contributed by atoms with Crippen molar-refractivity contribution < 1.29 is 17.7 Å². The maximum Gasteiger partial charge on any atom is 0.306 e. The van der Waals surface area contributed by atoms with Gasteiger partial charge in [-0.25, -0.2) is 13.4 Å². The van der Waals surface area contributed by atoms with Crippen molar-refractivity contribution in [3.63, 3.8) is 0 Å². The number of sulfonamides is 1. The molecule has 0 spiro atoms. The number of halogens is 2. The molecule has 10 heteroatoms. The Hall–Kier alpha value is -2.26. The van der Waals surface area contributed by atoms with E-state index in [0.717, 1.165) is 24.4 Å². The van der Waals surface area contributed by atoms with Gasteiger partial charge in [0.1, 0.15) is 10.0 Å². The van der Waals surface area contributed by atoms with Gasteiger partial charge < -0.3 is 0 Å². The molecular formula is C11H7ClFN3O4S. The fourth-order valence-corrected chi connectivity index (χ4v) is 2.56. The minimum atomic E-state index is -4.00. The Morgan fingerprint density at radius 3 is 2.57 bits per heavy atom. The number of nitro benzene ring substituents is 1. The molecule has 0 aliphatic rings. The van der Waals surface area contributed by atoms with E-state index in [1.54, 1.807) is 0 Å². The number of nitrogens with zero attached hydrogens (tertiary/aromatic N) is 2. The van der Waals surface area contributed by atoms with Gasteiger partial charge in [-0.1, -0.05) is 11.6 Å². The van der Waals surface area contributed by atoms with Gasteiger partial charge in [0.2, 0.25) is 5.82 Å². The second kappa shape index (κ2) is 5.62. The summed E-state index contributed by atoms with van der Waals surface area (Å²) >= 11 is 5.55. The van der Waals surface area contributed by atoms with E-state index in [1.165, 1.54) is 12.1 Å². The van der Waals surface area contributed by atoms with Gasteiger partial charge in [-0.2, -0.15) is 4.39 Å². The molecule has 1 aromatic heterocycles. The minimum absolute atomic E-state index is 0.117. The molecule has 0 saturated carbocycles. The number of rotatable bonds is 4. The Morgan fingerprint density at radius 2 is 2.00 bits per heavy atom. The predicted molar refractivity (Wildman–Crippen MR) is 73.1 cm³/mol. The van der Waals surface area contributed by atoms with E-state index < -0.39 is 26.5 Å². The van der Waals surface area contributed by atoms with Crippen LogP contribution in [-0.4, -0.2) is 18.3 Å². The van der Waals surface area contributed by atoms with E-state index in [2.05, 4.69) is 9.71 Å². The van der Waals surface area contributed by atoms with Crippen molar-refractivity contribution in [2.24, 2.45) is 0 Å². The third-order valence-electron chi connectivity index (χ3n) is 2.41. The second-order valence-electron chi connectivity index (χ2n) is 3.85. The van der Waals surface area contributed by atoms with E-state index >= 15 is 0 Å². The molecule has 0 atom stereocenters. The lowest BCUT2D eigenvalue weighted by Crippen LogP contribution is -2.13. The summed E-state index contributed by atoms with van der Waals surface area (Å²) in [6, 6.07) is 5.16. The molecule has 2 rings (SSSR count). The van der Waals surface area contributed by atoms with Crippen LogP contribution in [0.4, 0.5) is 15.8 Å². The Kier molecular flexibility index (Phi) is 4.05. The van der Waals surface area contributed by atoms with Gasteiger partial charge in [-0.05, 0) is 24.3 Å². The van der Waals surface area contributed by atoms with Crippen LogP contribution in [0, 0.1) is 15.9 Å². The monoisotopic (exact) mass is 331 g/mol. The van der Waals surface area contributed by atoms with E-state index in [4.69, 9.17) is 11.6 Å². The zero-order valence-corrected chi connectivity index (χ0v) is 11.7. The maximum absolute atomic E-state index is 13.2. The average Bonchev–Trinajstić information content (AvgIpc) is 2.41. The van der Waals surface area contributed by atoms with E-state index in [1.807, 2.05) is 0 Å². The zero-order chi connectivity index (χ0) is 15.6. The standard InChI is InChI=1S/C11H7ClFN3O4S/c12-11-4-2-8(6-14-11)21(19,20)15-7-1-3-9(13)10(5-7)16(17)18/h1-6,15H. The summed E-state index contributed by atoms with van der Waals surface area (Å²) < 4.78 is 39.3. The molecule has 21 heavy (non-hydrogen) atoms. The van der Waals surface area contributed by atoms with Crippen molar-refractivity contribution >= 4 is 33.0 Å². The molecule has 0 radical (unpaired) electrons. The van der Waals surface area contributed by atoms with Crippen LogP contribution in [0.5, 0.6) is 0 Å². The Labute approximate surface area is 123 Å². The summed E-state index contributed by atoms with van der Waals surface area (Å²) in [4.78, 5) is 13.1. The van der Waals surface area contributed by atoms with Crippen LogP contribution < -0.4 is 4.72 Å². The van der Waals surface area contributed by atoms with Crippen molar-refractivity contribution in [2.75, 3.05) is 4.72 Å². The second-order valence-corrected chi connectivity index (χ2v) is 5.92. The summed E-state index contributed by atoms with van der Waals surface area (Å²) in [7, 11) is -4.00. The number of nitro groups is 1. The molecule has 1 N–H and O–H groups in total. The Balaban J connectivity index is 2.35. The summed E-state index contributed by atoms with van der Waals surface area (Å²) in [6.07, 6.45) is 1.03. The van der Waals surface area contributed by atoms with Gasteiger partial charge in [0.05, 0.1) is 10.6 Å². The highest BCUT2D eigenvalue weighted by Gasteiger charge is 2.19. The lowest BCUT2D eigenvalue weighted by molar-refractivity contribution is -0.387. The zero-order valence-electron chi connectivity index (χ0n) is 10.2. The normalized spacial score (nSPS) is 11.1. The van der Waals surface area contributed by atoms with Crippen LogP contribution >= 0.6 is 11.6 Å². The predicted octanol–water partition coefficient (Wildman–Crippen LogP) is 2.58. The van der Waals surface area contributed by atoms with Gasteiger partial charge in [-0.3, -0.25) is 14.8 Å². The first-order valence-corrected chi connectivity index (χ1v) is 7.24. The van der Waals surface area contributed by atoms with Crippen molar-refractivity contribution in [3.05, 3.63) is 57.6 Å². The fraction of sp³-hybridized carbons (Fsp3) is 0. The van der Waals surface area contributed by atoms with E-state index in [9.17, 15) is 22.9 Å². The van der Waals surface area contributed by atoms with Crippen LogP contribution in [0.1, 0.15) is 0 Å². The Bertz CT molecular complexity index is 796. The van der Waals surface area contributed by atoms with Crippen LogP contribution in [-0.2, 0) is 10.0 Å². The fourth-order valence-electron chi connectivity index (χ4n) is 1.45. The molecule has 1 heterocycles. The number of benzene rings is 1. The lowest BCUT2D eigenvalue weighted by Gasteiger charge is -2.07. The van der Waals surface area contributed by atoms with Crippen LogP contribution in [0.15, 0.2) is 41.4 Å². The molecule has 0 bridgehead atoms. The summed E-state index contributed by atoms with van der Waals surface area (Å²) in [5, 5.41) is 10.7. The quantitative estimate of drug-likeness (QED) is 0.527. The molecular weight excluding hydrogens is 325 g/mol. The van der Waals surface area contributed by atoms with Crippen LogP contribution in [0.25, 0.3) is 0 Å². The maximum atomic E-state index is 13.2. The van der Waals surface area contributed by atoms with E-state index in [0.29, 0.717) is 0 Å². The third kappa shape index (κ3) is 3.44. The summed E-state index contributed by atoms with van der Waals surface area (Å²) in [5.74, 6) is -1.06. The lowest BCUT2D eigenvalue weighted by atomic mass is 10.3. The van der Waals surface area contributed by atoms with Crippen molar-refractivity contribution in [1.29, 1.82) is 0 Å².